The fourth-order valence-electron chi connectivity index (χ4n) is 1.38. The average Bonchev–Trinajstić information content (AvgIpc) is 1.85. The van der Waals surface area contributed by atoms with Crippen LogP contribution in [0, 0.1) is 0 Å². The predicted octanol–water partition coefficient (Wildman–Crippen LogP) is 3.45. The molecule has 0 saturated heterocycles. The van der Waals surface area contributed by atoms with Crippen molar-refractivity contribution in [3.05, 3.63) is 0 Å². The van der Waals surface area contributed by atoms with E-state index in [1.165, 1.54) is 0 Å². The second-order valence-electron chi connectivity index (χ2n) is 5.01. The van der Waals surface area contributed by atoms with Crippen LogP contribution < -0.4 is 0 Å². The maximum atomic E-state index is 2.58. The summed E-state index contributed by atoms with van der Waals surface area (Å²) in [6.45, 7) is 17.4. The van der Waals surface area contributed by atoms with Gasteiger partial charge in [0.1, 0.15) is 0 Å². The molecule has 0 heterocycles. The first-order valence-corrected chi connectivity index (χ1v) is 11.5. The summed E-state index contributed by atoms with van der Waals surface area (Å²) in [5.74, 6) is 0. The molecule has 0 aliphatic rings. The van der Waals surface area contributed by atoms with Gasteiger partial charge >= 0.3 is 0 Å². The van der Waals surface area contributed by atoms with Crippen molar-refractivity contribution >= 4 is 15.9 Å². The number of hydrogen-bond donors (Lipinski definition) is 0. The molecule has 0 aromatic heterocycles. The smallest absolute Gasteiger partial charge is 0.0404 e. The summed E-state index contributed by atoms with van der Waals surface area (Å²) in [6.07, 6.45) is 0. The second kappa shape index (κ2) is 3.90. The van der Waals surface area contributed by atoms with Crippen LogP contribution in [0.4, 0.5) is 0 Å². The first kappa shape index (κ1) is 11.4. The maximum Gasteiger partial charge on any atom is 0.0404 e. The van der Waals surface area contributed by atoms with Gasteiger partial charge < -0.3 is 0 Å². The van der Waals surface area contributed by atoms with E-state index in [1.807, 2.05) is 0 Å². The Balaban J connectivity index is 4.29. The van der Waals surface area contributed by atoms with Crippen LogP contribution >= 0.6 is 0 Å². The Morgan fingerprint density at radius 3 is 1.45 bits per heavy atom. The van der Waals surface area contributed by atoms with Crippen molar-refractivity contribution in [3.8, 4) is 0 Å². The van der Waals surface area contributed by atoms with Gasteiger partial charge in [0.05, 0.1) is 0 Å². The molecule has 0 spiro atoms. The lowest BCUT2D eigenvalue weighted by Gasteiger charge is -2.35. The molecule has 68 valence electrons. The zero-order chi connectivity index (χ0) is 9.23. The van der Waals surface area contributed by atoms with Crippen LogP contribution in [0.25, 0.3) is 0 Å². The summed E-state index contributed by atoms with van der Waals surface area (Å²) < 4.78 is 0. The molecule has 2 heteroatoms. The molecule has 11 heavy (non-hydrogen) atoms. The number of hydrogen-bond acceptors (Lipinski definition) is 0. The highest BCUT2D eigenvalue weighted by Crippen LogP contribution is 2.28. The quantitative estimate of drug-likeness (QED) is 0.595. The topological polar surface area (TPSA) is 0 Å². The highest BCUT2D eigenvalue weighted by molar-refractivity contribution is 7.32. The molecule has 0 radical (unpaired) electrons. The molecule has 0 bridgehead atoms. The molecule has 0 nitrogen and oxygen atoms in total. The van der Waals surface area contributed by atoms with E-state index in [1.54, 1.807) is 0 Å². The van der Waals surface area contributed by atoms with Crippen molar-refractivity contribution in [2.45, 2.75) is 58.4 Å². The molecule has 0 N–H and O–H groups in total. The Kier molecular flexibility index (Phi) is 4.05. The Morgan fingerprint density at radius 1 is 1.00 bits per heavy atom. The normalized spacial score (nSPS) is 16.1. The van der Waals surface area contributed by atoms with Crippen molar-refractivity contribution < 1.29 is 0 Å². The molecule has 0 amide bonds. The fourth-order valence-corrected chi connectivity index (χ4v) is 12.5. The lowest BCUT2D eigenvalue weighted by Crippen LogP contribution is -2.47. The zero-order valence-corrected chi connectivity index (χ0v) is 11.4. The largest absolute Gasteiger partial charge is 0.0737 e. The van der Waals surface area contributed by atoms with Crippen molar-refractivity contribution in [2.75, 3.05) is 0 Å². The van der Waals surface area contributed by atoms with Crippen LogP contribution in [0.3, 0.4) is 0 Å². The van der Waals surface area contributed by atoms with E-state index < -0.39 is 15.9 Å². The summed E-state index contributed by atoms with van der Waals surface area (Å²) in [7, 11) is -1.21. The molecule has 1 unspecified atom stereocenters. The second-order valence-corrected chi connectivity index (χ2v) is 19.9. The van der Waals surface area contributed by atoms with Crippen molar-refractivity contribution in [1.82, 2.24) is 0 Å². The Bertz CT molecular complexity index is 117. The van der Waals surface area contributed by atoms with Gasteiger partial charge in [-0.1, -0.05) is 58.4 Å². The summed E-state index contributed by atoms with van der Waals surface area (Å²) in [5, 5.41) is 0. The van der Waals surface area contributed by atoms with Gasteiger partial charge in [0.15, 0.2) is 0 Å². The first-order chi connectivity index (χ1) is 4.80. The van der Waals surface area contributed by atoms with E-state index in [0.29, 0.717) is 0 Å². The lowest BCUT2D eigenvalue weighted by atomic mass is 10.6. The summed E-state index contributed by atoms with van der Waals surface area (Å²) >= 11 is 0. The SMILES string of the molecule is CC(C)[SiH](C)[Si](C)(C)C(C)C. The summed E-state index contributed by atoms with van der Waals surface area (Å²) in [6, 6.07) is 0. The van der Waals surface area contributed by atoms with Crippen molar-refractivity contribution in [1.29, 1.82) is 0 Å². The number of rotatable bonds is 3. The average molecular weight is 188 g/mol. The van der Waals surface area contributed by atoms with E-state index in [-0.39, 0.29) is 0 Å². The third-order valence-corrected chi connectivity index (χ3v) is 22.0. The van der Waals surface area contributed by atoms with Gasteiger partial charge in [0, 0.05) is 15.9 Å². The summed E-state index contributed by atoms with van der Waals surface area (Å²) in [5.41, 5.74) is 1.98. The van der Waals surface area contributed by atoms with Gasteiger partial charge in [-0.15, -0.1) is 0 Å². The highest BCUT2D eigenvalue weighted by atomic mass is 29.2. The first-order valence-electron chi connectivity index (χ1n) is 4.80. The maximum absolute atomic E-state index is 2.58. The molecule has 0 aromatic carbocycles. The van der Waals surface area contributed by atoms with Crippen LogP contribution in [-0.4, -0.2) is 15.9 Å². The molecule has 0 aliphatic heterocycles. The Labute approximate surface area is 74.8 Å². The van der Waals surface area contributed by atoms with E-state index in [4.69, 9.17) is 0 Å². The molecule has 0 fully saturated rings. The van der Waals surface area contributed by atoms with E-state index in [0.717, 1.165) is 11.1 Å². The van der Waals surface area contributed by atoms with E-state index in [9.17, 15) is 0 Å². The van der Waals surface area contributed by atoms with Crippen LogP contribution in [0.15, 0.2) is 0 Å². The third-order valence-electron chi connectivity index (χ3n) is 3.66. The highest BCUT2D eigenvalue weighted by Gasteiger charge is 2.33. The standard InChI is InChI=1S/C9H24Si2/c1-8(2)10(5)11(6,7)9(3)4/h8-10H,1-7H3. The Hall–Kier alpha value is 0.434. The van der Waals surface area contributed by atoms with Crippen LogP contribution in [0.2, 0.25) is 30.7 Å². The van der Waals surface area contributed by atoms with Gasteiger partial charge in [-0.2, -0.15) is 0 Å². The molecule has 0 rings (SSSR count). The van der Waals surface area contributed by atoms with Crippen LogP contribution in [0.1, 0.15) is 27.7 Å². The molecule has 1 atom stereocenters. The summed E-state index contributed by atoms with van der Waals surface area (Å²) in [4.78, 5) is 0. The van der Waals surface area contributed by atoms with Crippen LogP contribution in [0.5, 0.6) is 0 Å². The minimum atomic E-state index is -0.808. The minimum Gasteiger partial charge on any atom is -0.0737 e. The monoisotopic (exact) mass is 188 g/mol. The third kappa shape index (κ3) is 2.75. The zero-order valence-electron chi connectivity index (χ0n) is 9.23. The van der Waals surface area contributed by atoms with Gasteiger partial charge in [0.2, 0.25) is 0 Å². The van der Waals surface area contributed by atoms with Gasteiger partial charge in [-0.05, 0) is 0 Å². The minimum absolute atomic E-state index is 0.404. The van der Waals surface area contributed by atoms with Gasteiger partial charge in [0.25, 0.3) is 0 Å². The van der Waals surface area contributed by atoms with Gasteiger partial charge in [-0.3, -0.25) is 0 Å². The molecule has 0 aromatic rings. The van der Waals surface area contributed by atoms with Crippen molar-refractivity contribution in [3.63, 3.8) is 0 Å². The van der Waals surface area contributed by atoms with Crippen molar-refractivity contribution in [2.24, 2.45) is 0 Å². The van der Waals surface area contributed by atoms with Crippen LogP contribution in [-0.2, 0) is 0 Å². The Morgan fingerprint density at radius 2 is 1.36 bits per heavy atom. The predicted molar refractivity (Wildman–Crippen MR) is 60.7 cm³/mol. The lowest BCUT2D eigenvalue weighted by molar-refractivity contribution is 1.00. The molecular formula is C9H24Si2. The molecule has 0 saturated carbocycles. The molecular weight excluding hydrogens is 164 g/mol. The van der Waals surface area contributed by atoms with Gasteiger partial charge in [-0.25, -0.2) is 0 Å². The van der Waals surface area contributed by atoms with E-state index in [2.05, 4.69) is 47.3 Å². The van der Waals surface area contributed by atoms with E-state index >= 15 is 0 Å². The molecule has 0 aliphatic carbocycles. The fraction of sp³-hybridized carbons (Fsp3) is 1.00.